The summed E-state index contributed by atoms with van der Waals surface area (Å²) in [6, 6.07) is 5.78. The highest BCUT2D eigenvalue weighted by Gasteiger charge is 2.51. The first kappa shape index (κ1) is 15.6. The van der Waals surface area contributed by atoms with E-state index in [1.807, 2.05) is 45.9 Å². The molecule has 1 aromatic rings. The van der Waals surface area contributed by atoms with Gasteiger partial charge >= 0.3 is 13.1 Å². The highest BCUT2D eigenvalue weighted by Crippen LogP contribution is 2.42. The molecule has 118 valence electrons. The summed E-state index contributed by atoms with van der Waals surface area (Å²) in [5.74, 6) is 0.179. The maximum atomic E-state index is 11.9. The summed E-state index contributed by atoms with van der Waals surface area (Å²) in [6.07, 6.45) is 2.24. The summed E-state index contributed by atoms with van der Waals surface area (Å²) in [7, 11) is 1.02. The SMILES string of the molecule is COC(=O)c1ccc(B2OC(C)(C)C(C)(C)O2)cc1C1CC1. The maximum Gasteiger partial charge on any atom is 0.494 e. The lowest BCUT2D eigenvalue weighted by molar-refractivity contribution is 0.00578. The molecule has 0 radical (unpaired) electrons. The smallest absolute Gasteiger partial charge is 0.465 e. The summed E-state index contributed by atoms with van der Waals surface area (Å²) in [4.78, 5) is 11.9. The van der Waals surface area contributed by atoms with E-state index in [2.05, 4.69) is 0 Å². The Morgan fingerprint density at radius 2 is 1.77 bits per heavy atom. The lowest BCUT2D eigenvalue weighted by Crippen LogP contribution is -2.41. The second-order valence-electron chi connectivity index (χ2n) is 7.20. The predicted octanol–water partition coefficient (Wildman–Crippen LogP) is 2.65. The van der Waals surface area contributed by atoms with Gasteiger partial charge < -0.3 is 14.0 Å². The average Bonchev–Trinajstić information content (AvgIpc) is 3.25. The van der Waals surface area contributed by atoms with Crippen molar-refractivity contribution in [2.45, 2.75) is 57.7 Å². The molecular formula is C17H23BO4. The van der Waals surface area contributed by atoms with Gasteiger partial charge in [0.2, 0.25) is 0 Å². The molecule has 1 saturated carbocycles. The lowest BCUT2D eigenvalue weighted by Gasteiger charge is -2.32. The van der Waals surface area contributed by atoms with Crippen LogP contribution in [0.2, 0.25) is 0 Å². The summed E-state index contributed by atoms with van der Waals surface area (Å²) in [5, 5.41) is 0. The second kappa shape index (κ2) is 5.10. The maximum absolute atomic E-state index is 11.9. The van der Waals surface area contributed by atoms with Crippen molar-refractivity contribution in [3.05, 3.63) is 29.3 Å². The van der Waals surface area contributed by atoms with Crippen LogP contribution < -0.4 is 5.46 Å². The molecule has 0 atom stereocenters. The Morgan fingerprint density at radius 1 is 1.18 bits per heavy atom. The van der Waals surface area contributed by atoms with E-state index in [9.17, 15) is 4.79 Å². The normalized spacial score (nSPS) is 22.7. The van der Waals surface area contributed by atoms with Gasteiger partial charge in [0.1, 0.15) is 0 Å². The minimum absolute atomic E-state index is 0.276. The monoisotopic (exact) mass is 302 g/mol. The van der Waals surface area contributed by atoms with E-state index >= 15 is 0 Å². The molecule has 1 heterocycles. The fourth-order valence-electron chi connectivity index (χ4n) is 2.73. The van der Waals surface area contributed by atoms with Crippen LogP contribution in [-0.2, 0) is 14.0 Å². The fourth-order valence-corrected chi connectivity index (χ4v) is 2.73. The molecule has 1 aliphatic carbocycles. The van der Waals surface area contributed by atoms with E-state index in [0.29, 0.717) is 11.5 Å². The third-order valence-electron chi connectivity index (χ3n) is 5.02. The van der Waals surface area contributed by atoms with Gasteiger partial charge in [0.25, 0.3) is 0 Å². The van der Waals surface area contributed by atoms with Crippen molar-refractivity contribution in [2.75, 3.05) is 7.11 Å². The van der Waals surface area contributed by atoms with Crippen molar-refractivity contribution >= 4 is 18.6 Å². The van der Waals surface area contributed by atoms with Gasteiger partial charge in [-0.2, -0.15) is 0 Å². The zero-order valence-corrected chi connectivity index (χ0v) is 13.9. The molecule has 1 aromatic carbocycles. The predicted molar refractivity (Wildman–Crippen MR) is 85.5 cm³/mol. The van der Waals surface area contributed by atoms with Crippen molar-refractivity contribution in [2.24, 2.45) is 0 Å². The summed E-state index contributed by atoms with van der Waals surface area (Å²) >= 11 is 0. The number of esters is 1. The summed E-state index contributed by atoms with van der Waals surface area (Å²) in [6.45, 7) is 8.16. The van der Waals surface area contributed by atoms with E-state index in [4.69, 9.17) is 14.0 Å². The number of methoxy groups -OCH3 is 1. The first-order valence-corrected chi connectivity index (χ1v) is 7.83. The van der Waals surface area contributed by atoms with Crippen molar-refractivity contribution < 1.29 is 18.8 Å². The van der Waals surface area contributed by atoms with Crippen LogP contribution in [0, 0.1) is 0 Å². The molecule has 0 spiro atoms. The van der Waals surface area contributed by atoms with Crippen LogP contribution in [0.15, 0.2) is 18.2 Å². The van der Waals surface area contributed by atoms with E-state index in [1.54, 1.807) is 0 Å². The zero-order valence-electron chi connectivity index (χ0n) is 13.9. The van der Waals surface area contributed by atoms with Gasteiger partial charge in [-0.15, -0.1) is 0 Å². The minimum Gasteiger partial charge on any atom is -0.465 e. The van der Waals surface area contributed by atoms with Crippen LogP contribution in [0.25, 0.3) is 0 Å². The van der Waals surface area contributed by atoms with E-state index < -0.39 is 7.12 Å². The largest absolute Gasteiger partial charge is 0.494 e. The number of ether oxygens (including phenoxy) is 1. The molecule has 2 fully saturated rings. The number of hydrogen-bond donors (Lipinski definition) is 0. The fraction of sp³-hybridized carbons (Fsp3) is 0.588. The zero-order chi connectivity index (χ0) is 16.1. The van der Waals surface area contributed by atoms with Gasteiger partial charge in [-0.1, -0.05) is 12.1 Å². The third-order valence-corrected chi connectivity index (χ3v) is 5.02. The molecule has 2 aliphatic rings. The van der Waals surface area contributed by atoms with Crippen molar-refractivity contribution in [3.8, 4) is 0 Å². The van der Waals surface area contributed by atoms with E-state index in [-0.39, 0.29) is 17.2 Å². The molecule has 5 heteroatoms. The Bertz CT molecular complexity index is 589. The molecule has 1 aliphatic heterocycles. The number of carbonyl (C=O) groups excluding carboxylic acids is 1. The van der Waals surface area contributed by atoms with Crippen LogP contribution in [0.5, 0.6) is 0 Å². The van der Waals surface area contributed by atoms with Gasteiger partial charge in [-0.25, -0.2) is 4.79 Å². The Hall–Kier alpha value is -1.33. The molecule has 0 N–H and O–H groups in total. The molecule has 1 saturated heterocycles. The Balaban J connectivity index is 1.93. The van der Waals surface area contributed by atoms with Crippen molar-refractivity contribution in [3.63, 3.8) is 0 Å². The van der Waals surface area contributed by atoms with E-state index in [0.717, 1.165) is 23.9 Å². The van der Waals surface area contributed by atoms with E-state index in [1.165, 1.54) is 7.11 Å². The van der Waals surface area contributed by atoms with Gasteiger partial charge in [-0.3, -0.25) is 0 Å². The number of rotatable bonds is 3. The van der Waals surface area contributed by atoms with Crippen LogP contribution >= 0.6 is 0 Å². The van der Waals surface area contributed by atoms with Gasteiger partial charge in [-0.05, 0) is 63.5 Å². The first-order valence-electron chi connectivity index (χ1n) is 7.83. The molecule has 3 rings (SSSR count). The Kier molecular flexibility index (Phi) is 3.61. The van der Waals surface area contributed by atoms with Crippen LogP contribution in [0.4, 0.5) is 0 Å². The lowest BCUT2D eigenvalue weighted by atomic mass is 9.77. The first-order chi connectivity index (χ1) is 10.2. The molecule has 4 nitrogen and oxygen atoms in total. The van der Waals surface area contributed by atoms with Gasteiger partial charge in [0.05, 0.1) is 23.9 Å². The van der Waals surface area contributed by atoms with Gasteiger partial charge in [0, 0.05) is 0 Å². The minimum atomic E-state index is -0.394. The Morgan fingerprint density at radius 3 is 2.27 bits per heavy atom. The van der Waals surface area contributed by atoms with Crippen LogP contribution in [-0.4, -0.2) is 31.4 Å². The average molecular weight is 302 g/mol. The van der Waals surface area contributed by atoms with Crippen LogP contribution in [0.3, 0.4) is 0 Å². The van der Waals surface area contributed by atoms with Gasteiger partial charge in [0.15, 0.2) is 0 Å². The summed E-state index contributed by atoms with van der Waals surface area (Å²) in [5.41, 5.74) is 1.95. The van der Waals surface area contributed by atoms with Crippen molar-refractivity contribution in [1.82, 2.24) is 0 Å². The molecule has 22 heavy (non-hydrogen) atoms. The standard InChI is InChI=1S/C17H23BO4/c1-16(2)17(3,4)22-18(21-16)12-8-9-13(15(19)20-5)14(10-12)11-6-7-11/h8-11H,6-7H2,1-5H3. The molecule has 0 aromatic heterocycles. The highest BCUT2D eigenvalue weighted by atomic mass is 16.7. The quantitative estimate of drug-likeness (QED) is 0.636. The summed E-state index contributed by atoms with van der Waals surface area (Å²) < 4.78 is 17.1. The number of benzene rings is 1. The molecular weight excluding hydrogens is 279 g/mol. The highest BCUT2D eigenvalue weighted by molar-refractivity contribution is 6.62. The molecule has 0 amide bonds. The molecule has 0 unspecified atom stereocenters. The topological polar surface area (TPSA) is 44.8 Å². The number of carbonyl (C=O) groups is 1. The second-order valence-corrected chi connectivity index (χ2v) is 7.20. The Labute approximate surface area is 132 Å². The molecule has 0 bridgehead atoms. The van der Waals surface area contributed by atoms with Crippen LogP contribution in [0.1, 0.15) is 62.4 Å². The number of hydrogen-bond acceptors (Lipinski definition) is 4. The third kappa shape index (κ3) is 2.57. The van der Waals surface area contributed by atoms with Crippen molar-refractivity contribution in [1.29, 1.82) is 0 Å².